The molecule has 0 unspecified atom stereocenters. The van der Waals surface area contributed by atoms with E-state index in [1.165, 1.54) is 0 Å². The standard InChI is InChI=1S/C14H19NO2/c1-2-3-4-8-11-15-14(16)17-12-13-9-6-5-7-10-13/h2-3,5-7,9-10H,4,8,11-12H2,1H3,(H,15,16). The molecule has 0 aliphatic carbocycles. The van der Waals surface area contributed by atoms with Crippen LogP contribution in [0.2, 0.25) is 0 Å². The van der Waals surface area contributed by atoms with Crippen molar-refractivity contribution in [1.82, 2.24) is 5.32 Å². The summed E-state index contributed by atoms with van der Waals surface area (Å²) in [5, 5.41) is 2.72. The normalized spacial score (nSPS) is 10.4. The van der Waals surface area contributed by atoms with Crippen molar-refractivity contribution in [3.05, 3.63) is 48.0 Å². The molecule has 0 saturated carbocycles. The van der Waals surface area contributed by atoms with Gasteiger partial charge in [0.2, 0.25) is 0 Å². The third-order valence-electron chi connectivity index (χ3n) is 2.27. The lowest BCUT2D eigenvalue weighted by molar-refractivity contribution is 0.139. The second kappa shape index (κ2) is 8.39. The van der Waals surface area contributed by atoms with Crippen LogP contribution in [0.1, 0.15) is 25.3 Å². The van der Waals surface area contributed by atoms with E-state index in [0.29, 0.717) is 13.2 Å². The van der Waals surface area contributed by atoms with Gasteiger partial charge in [0.25, 0.3) is 0 Å². The molecule has 1 rings (SSSR count). The van der Waals surface area contributed by atoms with Crippen LogP contribution in [0.3, 0.4) is 0 Å². The summed E-state index contributed by atoms with van der Waals surface area (Å²) >= 11 is 0. The number of amides is 1. The first-order chi connectivity index (χ1) is 8.33. The Balaban J connectivity index is 2.09. The van der Waals surface area contributed by atoms with Gasteiger partial charge in [-0.05, 0) is 25.3 Å². The largest absolute Gasteiger partial charge is 0.445 e. The highest BCUT2D eigenvalue weighted by Crippen LogP contribution is 2.00. The van der Waals surface area contributed by atoms with Gasteiger partial charge in [0, 0.05) is 6.54 Å². The average Bonchev–Trinajstić information content (AvgIpc) is 2.37. The van der Waals surface area contributed by atoms with Crippen molar-refractivity contribution >= 4 is 6.09 Å². The minimum Gasteiger partial charge on any atom is -0.445 e. The summed E-state index contributed by atoms with van der Waals surface area (Å²) < 4.78 is 5.07. The summed E-state index contributed by atoms with van der Waals surface area (Å²) in [4.78, 5) is 11.3. The van der Waals surface area contributed by atoms with E-state index in [1.807, 2.05) is 43.3 Å². The second-order valence-corrected chi connectivity index (χ2v) is 3.70. The van der Waals surface area contributed by atoms with E-state index in [-0.39, 0.29) is 6.09 Å². The van der Waals surface area contributed by atoms with Crippen molar-refractivity contribution in [2.24, 2.45) is 0 Å². The lowest BCUT2D eigenvalue weighted by Gasteiger charge is -2.06. The number of nitrogens with one attached hydrogen (secondary N) is 1. The van der Waals surface area contributed by atoms with Gasteiger partial charge in [-0.3, -0.25) is 0 Å². The number of carbonyl (C=O) groups excluding carboxylic acids is 1. The molecular weight excluding hydrogens is 214 g/mol. The van der Waals surface area contributed by atoms with Gasteiger partial charge in [0.1, 0.15) is 6.61 Å². The molecule has 0 heterocycles. The first-order valence-corrected chi connectivity index (χ1v) is 5.88. The number of rotatable bonds is 6. The molecule has 0 fully saturated rings. The van der Waals surface area contributed by atoms with E-state index in [4.69, 9.17) is 4.74 Å². The van der Waals surface area contributed by atoms with E-state index in [9.17, 15) is 4.79 Å². The molecule has 0 aliphatic rings. The molecule has 1 amide bonds. The number of hydrogen-bond donors (Lipinski definition) is 1. The van der Waals surface area contributed by atoms with Crippen LogP contribution in [-0.2, 0) is 11.3 Å². The fourth-order valence-corrected chi connectivity index (χ4v) is 1.35. The summed E-state index contributed by atoms with van der Waals surface area (Å²) in [6, 6.07) is 9.64. The first-order valence-electron chi connectivity index (χ1n) is 5.88. The van der Waals surface area contributed by atoms with E-state index >= 15 is 0 Å². The molecule has 3 nitrogen and oxygen atoms in total. The van der Waals surface area contributed by atoms with Crippen molar-refractivity contribution in [3.8, 4) is 0 Å². The Morgan fingerprint density at radius 2 is 2.12 bits per heavy atom. The Morgan fingerprint density at radius 1 is 1.35 bits per heavy atom. The molecule has 1 aromatic carbocycles. The number of carbonyl (C=O) groups is 1. The number of allylic oxidation sites excluding steroid dienone is 2. The number of hydrogen-bond acceptors (Lipinski definition) is 2. The third kappa shape index (κ3) is 6.40. The minimum absolute atomic E-state index is 0.321. The summed E-state index contributed by atoms with van der Waals surface area (Å²) in [6.07, 6.45) is 5.65. The summed E-state index contributed by atoms with van der Waals surface area (Å²) in [7, 11) is 0. The molecule has 0 bridgehead atoms. The van der Waals surface area contributed by atoms with Crippen LogP contribution in [-0.4, -0.2) is 12.6 Å². The third-order valence-corrected chi connectivity index (χ3v) is 2.27. The van der Waals surface area contributed by atoms with Gasteiger partial charge in [-0.25, -0.2) is 4.79 Å². The molecule has 0 saturated heterocycles. The highest BCUT2D eigenvalue weighted by atomic mass is 16.5. The minimum atomic E-state index is -0.352. The van der Waals surface area contributed by atoms with Crippen molar-refractivity contribution < 1.29 is 9.53 Å². The Labute approximate surface area is 102 Å². The quantitative estimate of drug-likeness (QED) is 0.605. The zero-order valence-corrected chi connectivity index (χ0v) is 10.2. The molecule has 0 aliphatic heterocycles. The molecular formula is C14H19NO2. The number of ether oxygens (including phenoxy) is 1. The van der Waals surface area contributed by atoms with Gasteiger partial charge >= 0.3 is 6.09 Å². The van der Waals surface area contributed by atoms with Gasteiger partial charge in [-0.15, -0.1) is 0 Å². The first kappa shape index (κ1) is 13.3. The smallest absolute Gasteiger partial charge is 0.407 e. The lowest BCUT2D eigenvalue weighted by Crippen LogP contribution is -2.25. The molecule has 1 aromatic rings. The SMILES string of the molecule is CC=CCCCNC(=O)OCc1ccccc1. The summed E-state index contributed by atoms with van der Waals surface area (Å²) in [5.41, 5.74) is 0.997. The van der Waals surface area contributed by atoms with Gasteiger partial charge in [-0.2, -0.15) is 0 Å². The fourth-order valence-electron chi connectivity index (χ4n) is 1.35. The average molecular weight is 233 g/mol. The van der Waals surface area contributed by atoms with Crippen LogP contribution in [0, 0.1) is 0 Å². The molecule has 92 valence electrons. The zero-order valence-electron chi connectivity index (χ0n) is 10.2. The van der Waals surface area contributed by atoms with E-state index < -0.39 is 0 Å². The van der Waals surface area contributed by atoms with Crippen molar-refractivity contribution in [2.75, 3.05) is 6.54 Å². The van der Waals surface area contributed by atoms with E-state index in [1.54, 1.807) is 0 Å². The molecule has 0 atom stereocenters. The van der Waals surface area contributed by atoms with Gasteiger partial charge in [0.15, 0.2) is 0 Å². The lowest BCUT2D eigenvalue weighted by atomic mass is 10.2. The van der Waals surface area contributed by atoms with Crippen LogP contribution in [0.4, 0.5) is 4.79 Å². The molecule has 3 heteroatoms. The van der Waals surface area contributed by atoms with Crippen LogP contribution < -0.4 is 5.32 Å². The topological polar surface area (TPSA) is 38.3 Å². The predicted octanol–water partition coefficient (Wildman–Crippen LogP) is 3.27. The Morgan fingerprint density at radius 3 is 2.82 bits per heavy atom. The van der Waals surface area contributed by atoms with Crippen LogP contribution in [0.25, 0.3) is 0 Å². The molecule has 0 radical (unpaired) electrons. The number of benzene rings is 1. The van der Waals surface area contributed by atoms with E-state index in [0.717, 1.165) is 18.4 Å². The molecule has 17 heavy (non-hydrogen) atoms. The number of alkyl carbamates (subject to hydrolysis) is 1. The number of unbranched alkanes of at least 4 members (excludes halogenated alkanes) is 1. The molecule has 1 N–H and O–H groups in total. The van der Waals surface area contributed by atoms with Crippen LogP contribution in [0.5, 0.6) is 0 Å². The Kier molecular flexibility index (Phi) is 6.56. The highest BCUT2D eigenvalue weighted by Gasteiger charge is 2.00. The van der Waals surface area contributed by atoms with Gasteiger partial charge < -0.3 is 10.1 Å². The maximum atomic E-state index is 11.3. The Hall–Kier alpha value is -1.77. The second-order valence-electron chi connectivity index (χ2n) is 3.70. The van der Waals surface area contributed by atoms with Crippen LogP contribution in [0.15, 0.2) is 42.5 Å². The van der Waals surface area contributed by atoms with Gasteiger partial charge in [-0.1, -0.05) is 42.5 Å². The van der Waals surface area contributed by atoms with E-state index in [2.05, 4.69) is 11.4 Å². The molecule has 0 aromatic heterocycles. The summed E-state index contributed by atoms with van der Waals surface area (Å²) in [5.74, 6) is 0. The fraction of sp³-hybridized carbons (Fsp3) is 0.357. The zero-order chi connectivity index (χ0) is 12.3. The maximum Gasteiger partial charge on any atom is 0.407 e. The van der Waals surface area contributed by atoms with Crippen molar-refractivity contribution in [2.45, 2.75) is 26.4 Å². The monoisotopic (exact) mass is 233 g/mol. The predicted molar refractivity (Wildman–Crippen MR) is 68.7 cm³/mol. The molecule has 0 spiro atoms. The van der Waals surface area contributed by atoms with Crippen LogP contribution >= 0.6 is 0 Å². The van der Waals surface area contributed by atoms with Gasteiger partial charge in [0.05, 0.1) is 0 Å². The Bertz CT molecular complexity index is 346. The highest BCUT2D eigenvalue weighted by molar-refractivity contribution is 5.67. The summed E-state index contributed by atoms with van der Waals surface area (Å²) in [6.45, 7) is 2.96. The van der Waals surface area contributed by atoms with Crippen molar-refractivity contribution in [1.29, 1.82) is 0 Å². The van der Waals surface area contributed by atoms with Crippen molar-refractivity contribution in [3.63, 3.8) is 0 Å². The maximum absolute atomic E-state index is 11.3.